The van der Waals surface area contributed by atoms with Crippen LogP contribution in [-0.2, 0) is 24.8 Å². The van der Waals surface area contributed by atoms with Crippen molar-refractivity contribution in [3.05, 3.63) is 53.6 Å². The first-order chi connectivity index (χ1) is 12.6. The molecule has 1 aromatic heterocycles. The number of nitrogens with one attached hydrogen (secondary N) is 1. The molecule has 1 aliphatic heterocycles. The van der Waals surface area contributed by atoms with Crippen molar-refractivity contribution in [2.24, 2.45) is 12.5 Å². The first kappa shape index (κ1) is 17.3. The molecule has 1 spiro atoms. The van der Waals surface area contributed by atoms with Crippen LogP contribution >= 0.6 is 0 Å². The number of amides is 1. The molecule has 2 fully saturated rings. The van der Waals surface area contributed by atoms with Gasteiger partial charge in [-0.2, -0.15) is 0 Å². The molecule has 2 aliphatic rings. The van der Waals surface area contributed by atoms with Gasteiger partial charge < -0.3 is 14.8 Å². The van der Waals surface area contributed by atoms with Crippen LogP contribution in [0, 0.1) is 12.3 Å². The first-order valence-electron chi connectivity index (χ1n) is 9.59. The zero-order valence-corrected chi connectivity index (χ0v) is 15.7. The number of benzene rings is 1. The van der Waals surface area contributed by atoms with Gasteiger partial charge in [0, 0.05) is 25.5 Å². The summed E-state index contributed by atoms with van der Waals surface area (Å²) in [7, 11) is 2.00. The maximum Gasteiger partial charge on any atom is 0.227 e. The highest BCUT2D eigenvalue weighted by Gasteiger charge is 2.57. The molecule has 1 atom stereocenters. The lowest BCUT2D eigenvalue weighted by atomic mass is 9.93. The number of piperidine rings is 1. The third-order valence-corrected chi connectivity index (χ3v) is 6.15. The molecule has 0 bridgehead atoms. The smallest absolute Gasteiger partial charge is 0.227 e. The number of hydrogen-bond donors (Lipinski definition) is 1. The van der Waals surface area contributed by atoms with Crippen molar-refractivity contribution in [3.63, 3.8) is 0 Å². The SMILES string of the molecule is Cc1ccc(CC(=O)N(Cc2nccn2C)C2CC23CCNCC3)cc1. The van der Waals surface area contributed by atoms with Gasteiger partial charge in [-0.15, -0.1) is 0 Å². The van der Waals surface area contributed by atoms with E-state index in [1.54, 1.807) is 0 Å². The Labute approximate surface area is 155 Å². The van der Waals surface area contributed by atoms with E-state index >= 15 is 0 Å². The molecule has 1 amide bonds. The third-order valence-electron chi connectivity index (χ3n) is 6.15. The second kappa shape index (κ2) is 6.88. The van der Waals surface area contributed by atoms with Crippen LogP contribution in [0.3, 0.4) is 0 Å². The van der Waals surface area contributed by atoms with Gasteiger partial charge in [0.25, 0.3) is 0 Å². The van der Waals surface area contributed by atoms with E-state index < -0.39 is 0 Å². The fraction of sp³-hybridized carbons (Fsp3) is 0.524. The number of rotatable bonds is 5. The van der Waals surface area contributed by atoms with Crippen LogP contribution in [-0.4, -0.2) is 39.5 Å². The average molecular weight is 352 g/mol. The molecular weight excluding hydrogens is 324 g/mol. The fourth-order valence-corrected chi connectivity index (χ4v) is 4.28. The lowest BCUT2D eigenvalue weighted by Gasteiger charge is -2.29. The van der Waals surface area contributed by atoms with Crippen molar-refractivity contribution in [3.8, 4) is 0 Å². The molecular formula is C21H28N4O. The van der Waals surface area contributed by atoms with Gasteiger partial charge in [-0.3, -0.25) is 4.79 Å². The van der Waals surface area contributed by atoms with Gasteiger partial charge in [0.05, 0.1) is 13.0 Å². The van der Waals surface area contributed by atoms with Crippen molar-refractivity contribution in [2.75, 3.05) is 13.1 Å². The quantitative estimate of drug-likeness (QED) is 0.899. The number of imidazole rings is 1. The molecule has 4 rings (SSSR count). The van der Waals surface area contributed by atoms with E-state index in [2.05, 4.69) is 46.4 Å². The summed E-state index contributed by atoms with van der Waals surface area (Å²) >= 11 is 0. The number of aromatic nitrogens is 2. The Kier molecular flexibility index (Phi) is 4.57. The van der Waals surface area contributed by atoms with Gasteiger partial charge in [-0.25, -0.2) is 4.98 Å². The lowest BCUT2D eigenvalue weighted by molar-refractivity contribution is -0.132. The predicted octanol–water partition coefficient (Wildman–Crippen LogP) is 2.44. The molecule has 0 radical (unpaired) electrons. The molecule has 26 heavy (non-hydrogen) atoms. The van der Waals surface area contributed by atoms with E-state index in [1.165, 1.54) is 18.4 Å². The van der Waals surface area contributed by atoms with E-state index in [9.17, 15) is 4.79 Å². The lowest BCUT2D eigenvalue weighted by Crippen LogP contribution is -2.40. The van der Waals surface area contributed by atoms with Crippen LogP contribution in [0.25, 0.3) is 0 Å². The Bertz CT molecular complexity index is 774. The highest BCUT2D eigenvalue weighted by Crippen LogP contribution is 2.56. The second-order valence-corrected chi connectivity index (χ2v) is 7.97. The predicted molar refractivity (Wildman–Crippen MR) is 102 cm³/mol. The minimum atomic E-state index is 0.220. The Morgan fingerprint density at radius 1 is 1.31 bits per heavy atom. The normalized spacial score (nSPS) is 20.9. The molecule has 1 unspecified atom stereocenters. The van der Waals surface area contributed by atoms with Crippen molar-refractivity contribution < 1.29 is 4.79 Å². The van der Waals surface area contributed by atoms with E-state index in [0.29, 0.717) is 24.4 Å². The van der Waals surface area contributed by atoms with Crippen LogP contribution in [0.5, 0.6) is 0 Å². The maximum absolute atomic E-state index is 13.2. The monoisotopic (exact) mass is 352 g/mol. The summed E-state index contributed by atoms with van der Waals surface area (Å²) in [5, 5.41) is 3.45. The summed E-state index contributed by atoms with van der Waals surface area (Å²) in [4.78, 5) is 19.8. The van der Waals surface area contributed by atoms with Crippen LogP contribution in [0.2, 0.25) is 0 Å². The molecule has 1 aliphatic carbocycles. The van der Waals surface area contributed by atoms with Gasteiger partial charge in [-0.05, 0) is 50.3 Å². The third kappa shape index (κ3) is 3.40. The summed E-state index contributed by atoms with van der Waals surface area (Å²) in [6, 6.07) is 8.66. The Balaban J connectivity index is 1.53. The van der Waals surface area contributed by atoms with E-state index in [1.807, 2.05) is 24.0 Å². The van der Waals surface area contributed by atoms with Crippen molar-refractivity contribution in [2.45, 2.75) is 45.2 Å². The Hall–Kier alpha value is -2.14. The van der Waals surface area contributed by atoms with Crippen LogP contribution in [0.15, 0.2) is 36.7 Å². The number of carbonyl (C=O) groups is 1. The van der Waals surface area contributed by atoms with E-state index in [4.69, 9.17) is 0 Å². The highest BCUT2D eigenvalue weighted by atomic mass is 16.2. The number of hydrogen-bond acceptors (Lipinski definition) is 3. The maximum atomic E-state index is 13.2. The van der Waals surface area contributed by atoms with Crippen LogP contribution in [0.1, 0.15) is 36.2 Å². The van der Waals surface area contributed by atoms with E-state index in [-0.39, 0.29) is 5.91 Å². The van der Waals surface area contributed by atoms with Gasteiger partial charge in [0.15, 0.2) is 0 Å². The van der Waals surface area contributed by atoms with Gasteiger partial charge in [0.2, 0.25) is 5.91 Å². The van der Waals surface area contributed by atoms with E-state index in [0.717, 1.165) is 30.9 Å². The summed E-state index contributed by atoms with van der Waals surface area (Å²) in [5.41, 5.74) is 2.65. The fourth-order valence-electron chi connectivity index (χ4n) is 4.28. The zero-order valence-electron chi connectivity index (χ0n) is 15.7. The minimum absolute atomic E-state index is 0.220. The Morgan fingerprint density at radius 3 is 2.69 bits per heavy atom. The molecule has 2 heterocycles. The Morgan fingerprint density at radius 2 is 2.04 bits per heavy atom. The van der Waals surface area contributed by atoms with Crippen molar-refractivity contribution >= 4 is 5.91 Å². The molecule has 1 N–H and O–H groups in total. The standard InChI is InChI=1S/C21H28N4O/c1-16-3-5-17(6-4-16)13-20(26)25(15-19-23-11-12-24(19)2)18-14-21(18)7-9-22-10-8-21/h3-6,11-12,18,22H,7-10,13-15H2,1-2H3. The molecule has 2 aromatic rings. The van der Waals surface area contributed by atoms with Gasteiger partial charge >= 0.3 is 0 Å². The van der Waals surface area contributed by atoms with Crippen LogP contribution < -0.4 is 5.32 Å². The number of nitrogens with zero attached hydrogens (tertiary/aromatic N) is 3. The zero-order chi connectivity index (χ0) is 18.1. The molecule has 5 heteroatoms. The average Bonchev–Trinajstić information content (AvgIpc) is 3.14. The molecule has 1 saturated carbocycles. The molecule has 5 nitrogen and oxygen atoms in total. The number of aryl methyl sites for hydroxylation is 2. The molecule has 138 valence electrons. The summed E-state index contributed by atoms with van der Waals surface area (Å²) in [5.74, 6) is 1.18. The minimum Gasteiger partial charge on any atom is -0.337 e. The van der Waals surface area contributed by atoms with Crippen LogP contribution in [0.4, 0.5) is 0 Å². The van der Waals surface area contributed by atoms with Crippen molar-refractivity contribution in [1.82, 2.24) is 19.8 Å². The highest BCUT2D eigenvalue weighted by molar-refractivity contribution is 5.79. The summed E-state index contributed by atoms with van der Waals surface area (Å²) in [6.45, 7) is 4.82. The van der Waals surface area contributed by atoms with Crippen molar-refractivity contribution in [1.29, 1.82) is 0 Å². The molecule has 1 aromatic carbocycles. The number of carbonyl (C=O) groups excluding carboxylic acids is 1. The largest absolute Gasteiger partial charge is 0.337 e. The summed E-state index contributed by atoms with van der Waals surface area (Å²) < 4.78 is 2.02. The van der Waals surface area contributed by atoms with Gasteiger partial charge in [-0.1, -0.05) is 29.8 Å². The first-order valence-corrected chi connectivity index (χ1v) is 9.59. The second-order valence-electron chi connectivity index (χ2n) is 7.97. The topological polar surface area (TPSA) is 50.2 Å². The molecule has 1 saturated heterocycles. The van der Waals surface area contributed by atoms with Gasteiger partial charge in [0.1, 0.15) is 5.82 Å². The summed E-state index contributed by atoms with van der Waals surface area (Å²) in [6.07, 6.45) is 7.71.